The van der Waals surface area contributed by atoms with E-state index in [0.29, 0.717) is 17.5 Å². The number of fused-ring (bicyclic) bond motifs is 1. The van der Waals surface area contributed by atoms with Gasteiger partial charge in [-0.15, -0.1) is 0 Å². The van der Waals surface area contributed by atoms with Gasteiger partial charge in [0.1, 0.15) is 5.56 Å². The van der Waals surface area contributed by atoms with Gasteiger partial charge in [-0.25, -0.2) is 4.98 Å². The normalized spacial score (nSPS) is 20.4. The first-order chi connectivity index (χ1) is 12.3. The molecule has 2 aromatic rings. The molecule has 0 bridgehead atoms. The van der Waals surface area contributed by atoms with Gasteiger partial charge >= 0.3 is 0 Å². The molecule has 3 heterocycles. The molecule has 1 aromatic carbocycles. The zero-order valence-corrected chi connectivity index (χ0v) is 14.5. The standard InChI is InChI=1S/C20H23N3O2/c1-25-19-18(7-4-10-21-19)20(24)23-12-9-17(14-23)22-11-8-15-5-2-3-6-16(15)13-22/h2-7,10,17H,8-9,11-14H2,1H3/t17-/m0/s1. The Labute approximate surface area is 148 Å². The third-order valence-electron chi connectivity index (χ3n) is 5.32. The average Bonchev–Trinajstić information content (AvgIpc) is 3.17. The fourth-order valence-corrected chi connectivity index (χ4v) is 3.94. The van der Waals surface area contributed by atoms with E-state index in [0.717, 1.165) is 39.0 Å². The number of rotatable bonds is 3. The lowest BCUT2D eigenvalue weighted by atomic mass is 9.98. The molecule has 1 amide bonds. The van der Waals surface area contributed by atoms with Gasteiger partial charge in [-0.2, -0.15) is 0 Å². The Balaban J connectivity index is 1.44. The maximum atomic E-state index is 12.8. The minimum Gasteiger partial charge on any atom is -0.480 e. The molecular weight excluding hydrogens is 314 g/mol. The molecule has 5 nitrogen and oxygen atoms in total. The Morgan fingerprint density at radius 2 is 2.00 bits per heavy atom. The molecule has 2 aliphatic heterocycles. The number of hydrogen-bond donors (Lipinski definition) is 0. The van der Waals surface area contributed by atoms with Crippen molar-refractivity contribution < 1.29 is 9.53 Å². The summed E-state index contributed by atoms with van der Waals surface area (Å²) in [6, 6.07) is 12.7. The van der Waals surface area contributed by atoms with Crippen molar-refractivity contribution in [2.24, 2.45) is 0 Å². The van der Waals surface area contributed by atoms with Gasteiger partial charge in [0.25, 0.3) is 5.91 Å². The van der Waals surface area contributed by atoms with E-state index in [1.807, 2.05) is 4.90 Å². The maximum Gasteiger partial charge on any atom is 0.259 e. The molecule has 0 spiro atoms. The number of benzene rings is 1. The molecule has 1 atom stereocenters. The zero-order chi connectivity index (χ0) is 17.2. The van der Waals surface area contributed by atoms with Crippen molar-refractivity contribution in [3.05, 3.63) is 59.3 Å². The number of amides is 1. The lowest BCUT2D eigenvalue weighted by Gasteiger charge is -2.33. The molecule has 0 radical (unpaired) electrons. The lowest BCUT2D eigenvalue weighted by molar-refractivity contribution is 0.0769. The highest BCUT2D eigenvalue weighted by Gasteiger charge is 2.33. The number of pyridine rings is 1. The van der Waals surface area contributed by atoms with E-state index in [4.69, 9.17) is 4.74 Å². The molecule has 0 aliphatic carbocycles. The van der Waals surface area contributed by atoms with Crippen molar-refractivity contribution in [1.29, 1.82) is 0 Å². The molecule has 5 heteroatoms. The minimum atomic E-state index is 0.0184. The van der Waals surface area contributed by atoms with Crippen LogP contribution in [0.2, 0.25) is 0 Å². The van der Waals surface area contributed by atoms with E-state index in [2.05, 4.69) is 34.1 Å². The highest BCUT2D eigenvalue weighted by atomic mass is 16.5. The maximum absolute atomic E-state index is 12.8. The predicted molar refractivity (Wildman–Crippen MR) is 95.7 cm³/mol. The molecule has 25 heavy (non-hydrogen) atoms. The number of carbonyl (C=O) groups is 1. The van der Waals surface area contributed by atoms with Gasteiger partial charge in [0.05, 0.1) is 7.11 Å². The van der Waals surface area contributed by atoms with Gasteiger partial charge in [0.2, 0.25) is 5.88 Å². The van der Waals surface area contributed by atoms with E-state index in [1.54, 1.807) is 25.4 Å². The third-order valence-corrected chi connectivity index (χ3v) is 5.32. The molecule has 0 unspecified atom stereocenters. The number of hydrogen-bond acceptors (Lipinski definition) is 4. The number of carbonyl (C=O) groups excluding carboxylic acids is 1. The van der Waals surface area contributed by atoms with Crippen LogP contribution in [0, 0.1) is 0 Å². The second kappa shape index (κ2) is 6.84. The van der Waals surface area contributed by atoms with E-state index in [9.17, 15) is 4.79 Å². The van der Waals surface area contributed by atoms with Crippen molar-refractivity contribution in [1.82, 2.24) is 14.8 Å². The molecular formula is C20H23N3O2. The van der Waals surface area contributed by atoms with Crippen LogP contribution in [0.15, 0.2) is 42.6 Å². The minimum absolute atomic E-state index is 0.0184. The van der Waals surface area contributed by atoms with Gasteiger partial charge in [-0.1, -0.05) is 24.3 Å². The monoisotopic (exact) mass is 337 g/mol. The van der Waals surface area contributed by atoms with E-state index in [-0.39, 0.29) is 5.91 Å². The van der Waals surface area contributed by atoms with Crippen molar-refractivity contribution in [3.8, 4) is 5.88 Å². The summed E-state index contributed by atoms with van der Waals surface area (Å²) in [6.45, 7) is 3.62. The molecule has 4 rings (SSSR count). The number of nitrogens with zero attached hydrogens (tertiary/aromatic N) is 3. The van der Waals surface area contributed by atoms with Crippen LogP contribution in [-0.2, 0) is 13.0 Å². The second-order valence-corrected chi connectivity index (χ2v) is 6.74. The summed E-state index contributed by atoms with van der Waals surface area (Å²) in [6.07, 6.45) is 3.76. The summed E-state index contributed by atoms with van der Waals surface area (Å²) < 4.78 is 5.24. The van der Waals surface area contributed by atoms with Crippen molar-refractivity contribution in [3.63, 3.8) is 0 Å². The lowest BCUT2D eigenvalue weighted by Crippen LogP contribution is -2.41. The average molecular weight is 337 g/mol. The van der Waals surface area contributed by atoms with Crippen LogP contribution >= 0.6 is 0 Å². The van der Waals surface area contributed by atoms with Crippen LogP contribution < -0.4 is 4.74 Å². The highest BCUT2D eigenvalue weighted by Crippen LogP contribution is 2.26. The summed E-state index contributed by atoms with van der Waals surface area (Å²) in [5.41, 5.74) is 3.44. The molecule has 2 aliphatic rings. The Kier molecular flexibility index (Phi) is 4.40. The zero-order valence-electron chi connectivity index (χ0n) is 14.5. The van der Waals surface area contributed by atoms with E-state index >= 15 is 0 Å². The second-order valence-electron chi connectivity index (χ2n) is 6.74. The number of methoxy groups -OCH3 is 1. The van der Waals surface area contributed by atoms with E-state index < -0.39 is 0 Å². The predicted octanol–water partition coefficient (Wildman–Crippen LogP) is 2.36. The Hall–Kier alpha value is -2.40. The highest BCUT2D eigenvalue weighted by molar-refractivity contribution is 5.96. The van der Waals surface area contributed by atoms with Gasteiger partial charge < -0.3 is 9.64 Å². The van der Waals surface area contributed by atoms with Crippen LogP contribution in [0.3, 0.4) is 0 Å². The summed E-state index contributed by atoms with van der Waals surface area (Å²) in [5, 5.41) is 0. The quantitative estimate of drug-likeness (QED) is 0.863. The van der Waals surface area contributed by atoms with Crippen LogP contribution in [-0.4, -0.2) is 53.5 Å². The Bertz CT molecular complexity index is 777. The fourth-order valence-electron chi connectivity index (χ4n) is 3.94. The number of likely N-dealkylation sites (tertiary alicyclic amines) is 1. The summed E-state index contributed by atoms with van der Waals surface area (Å²) >= 11 is 0. The molecule has 130 valence electrons. The SMILES string of the molecule is COc1ncccc1C(=O)N1CC[C@H](N2CCc3ccccc3C2)C1. The van der Waals surface area contributed by atoms with Gasteiger partial charge in [0.15, 0.2) is 0 Å². The third kappa shape index (κ3) is 3.12. The molecule has 0 saturated carbocycles. The van der Waals surface area contributed by atoms with Crippen LogP contribution in [0.5, 0.6) is 5.88 Å². The summed E-state index contributed by atoms with van der Waals surface area (Å²) in [7, 11) is 1.55. The van der Waals surface area contributed by atoms with Gasteiger partial charge in [-0.3, -0.25) is 9.69 Å². The summed E-state index contributed by atoms with van der Waals surface area (Å²) in [5.74, 6) is 0.424. The van der Waals surface area contributed by atoms with Gasteiger partial charge in [-0.05, 0) is 36.1 Å². The van der Waals surface area contributed by atoms with Crippen molar-refractivity contribution >= 4 is 5.91 Å². The Morgan fingerprint density at radius 1 is 1.16 bits per heavy atom. The molecule has 1 saturated heterocycles. The largest absolute Gasteiger partial charge is 0.480 e. The summed E-state index contributed by atoms with van der Waals surface area (Å²) in [4.78, 5) is 21.4. The number of ether oxygens (including phenoxy) is 1. The number of aromatic nitrogens is 1. The smallest absolute Gasteiger partial charge is 0.259 e. The van der Waals surface area contributed by atoms with Crippen LogP contribution in [0.25, 0.3) is 0 Å². The van der Waals surface area contributed by atoms with Crippen LogP contribution in [0.4, 0.5) is 0 Å². The van der Waals surface area contributed by atoms with Crippen LogP contribution in [0.1, 0.15) is 27.9 Å². The van der Waals surface area contributed by atoms with Gasteiger partial charge in [0, 0.05) is 38.4 Å². The first kappa shape index (κ1) is 16.1. The topological polar surface area (TPSA) is 45.7 Å². The van der Waals surface area contributed by atoms with Crippen molar-refractivity contribution in [2.75, 3.05) is 26.7 Å². The first-order valence-corrected chi connectivity index (χ1v) is 8.85. The van der Waals surface area contributed by atoms with E-state index in [1.165, 1.54) is 11.1 Å². The fraction of sp³-hybridized carbons (Fsp3) is 0.400. The van der Waals surface area contributed by atoms with Crippen molar-refractivity contribution in [2.45, 2.75) is 25.4 Å². The Morgan fingerprint density at radius 3 is 2.84 bits per heavy atom. The molecule has 1 aromatic heterocycles. The molecule has 1 fully saturated rings. The first-order valence-electron chi connectivity index (χ1n) is 8.85. The molecule has 0 N–H and O–H groups in total.